The second-order valence-corrected chi connectivity index (χ2v) is 5.44. The molecule has 1 aliphatic rings. The number of hydrogen-bond donors (Lipinski definition) is 0. The first kappa shape index (κ1) is 13.9. The van der Waals surface area contributed by atoms with Crippen LogP contribution in [-0.4, -0.2) is 28.6 Å². The van der Waals surface area contributed by atoms with E-state index in [1.165, 1.54) is 5.56 Å². The molecule has 0 saturated carbocycles. The fraction of sp³-hybridized carbons (Fsp3) is 0.235. The van der Waals surface area contributed by atoms with E-state index in [0.717, 1.165) is 36.2 Å². The van der Waals surface area contributed by atoms with Gasteiger partial charge in [0.15, 0.2) is 5.65 Å². The third kappa shape index (κ3) is 2.36. The highest BCUT2D eigenvalue weighted by molar-refractivity contribution is 5.89. The highest BCUT2D eigenvalue weighted by Gasteiger charge is 2.22. The van der Waals surface area contributed by atoms with Crippen LogP contribution in [0, 0.1) is 6.08 Å². The number of aromatic nitrogens is 3. The van der Waals surface area contributed by atoms with Crippen molar-refractivity contribution in [1.82, 2.24) is 15.0 Å². The Balaban J connectivity index is 1.90. The Labute approximate surface area is 132 Å². The summed E-state index contributed by atoms with van der Waals surface area (Å²) in [6.45, 7) is 0.778. The summed E-state index contributed by atoms with van der Waals surface area (Å²) >= 11 is 0. The van der Waals surface area contributed by atoms with Gasteiger partial charge in [-0.05, 0) is 48.7 Å². The molecule has 0 atom stereocenters. The quantitative estimate of drug-likeness (QED) is 0.680. The van der Waals surface area contributed by atoms with E-state index < -0.39 is 6.08 Å². The average molecular weight is 309 g/mol. The topological polar surface area (TPSA) is 51.1 Å². The number of ether oxygens (including phenoxy) is 1. The Morgan fingerprint density at radius 2 is 2.13 bits per heavy atom. The summed E-state index contributed by atoms with van der Waals surface area (Å²) in [5.41, 5.74) is 2.57. The van der Waals surface area contributed by atoms with E-state index in [-0.39, 0.29) is 0 Å². The molecule has 3 heterocycles. The Bertz CT molecular complexity index is 884. The van der Waals surface area contributed by atoms with Crippen LogP contribution < -0.4 is 9.64 Å². The normalized spacial score (nSPS) is 13.9. The van der Waals surface area contributed by atoms with Gasteiger partial charge in [0.05, 0.1) is 12.5 Å². The fourth-order valence-corrected chi connectivity index (χ4v) is 3.05. The highest BCUT2D eigenvalue weighted by atomic mass is 18.2. The van der Waals surface area contributed by atoms with Crippen molar-refractivity contribution in [3.05, 3.63) is 48.2 Å². The molecule has 2 aromatic heterocycles. The molecular weight excluding hydrogens is 294 g/mol. The molecule has 6 heteroatoms. The van der Waals surface area contributed by atoms with E-state index >= 15 is 0 Å². The predicted octanol–water partition coefficient (Wildman–Crippen LogP) is 3.26. The Morgan fingerprint density at radius 1 is 1.22 bits per heavy atom. The zero-order chi connectivity index (χ0) is 15.8. The van der Waals surface area contributed by atoms with Gasteiger partial charge >= 0.3 is 6.08 Å². The lowest BCUT2D eigenvalue weighted by atomic mass is 10.0. The number of benzene rings is 1. The molecule has 0 radical (unpaired) electrons. The molecule has 0 bridgehead atoms. The molecule has 0 saturated heterocycles. The zero-order valence-electron chi connectivity index (χ0n) is 12.7. The summed E-state index contributed by atoms with van der Waals surface area (Å²) < 4.78 is 19.1. The number of pyridine rings is 1. The van der Waals surface area contributed by atoms with Crippen LogP contribution in [0.4, 0.5) is 15.9 Å². The molecular formula is C17H15FN4O. The highest BCUT2D eigenvalue weighted by Crippen LogP contribution is 2.36. The van der Waals surface area contributed by atoms with Crippen LogP contribution in [0.1, 0.15) is 12.0 Å². The van der Waals surface area contributed by atoms with E-state index in [1.54, 1.807) is 13.3 Å². The van der Waals surface area contributed by atoms with Gasteiger partial charge in [0.25, 0.3) is 0 Å². The summed E-state index contributed by atoms with van der Waals surface area (Å²) in [6.07, 6.45) is 2.78. The van der Waals surface area contributed by atoms with Gasteiger partial charge in [0.1, 0.15) is 11.6 Å². The van der Waals surface area contributed by atoms with Crippen LogP contribution in [0.5, 0.6) is 5.75 Å². The van der Waals surface area contributed by atoms with E-state index in [1.807, 2.05) is 35.2 Å². The predicted molar refractivity (Wildman–Crippen MR) is 85.6 cm³/mol. The first-order valence-electron chi connectivity index (χ1n) is 7.49. The number of anilines is 2. The van der Waals surface area contributed by atoms with Gasteiger partial charge in [-0.2, -0.15) is 14.4 Å². The van der Waals surface area contributed by atoms with Gasteiger partial charge in [-0.3, -0.25) is 0 Å². The monoisotopic (exact) mass is 309 g/mol. The molecule has 0 N–H and O–H groups in total. The van der Waals surface area contributed by atoms with Crippen molar-refractivity contribution in [2.75, 3.05) is 18.6 Å². The standard InChI is InChI=1S/C17H15FN4O/c1-23-12-6-7-14-11(10-12)4-3-9-22(14)16-13-5-2-8-19-15(13)20-17(18)21-16/h2,5-8,10H,3-4,9H2,1H3/i18-1. The maximum atomic E-state index is 13.8. The number of rotatable bonds is 2. The van der Waals surface area contributed by atoms with Crippen molar-refractivity contribution in [2.24, 2.45) is 0 Å². The fourth-order valence-electron chi connectivity index (χ4n) is 3.05. The van der Waals surface area contributed by atoms with Crippen LogP contribution in [-0.2, 0) is 6.42 Å². The summed E-state index contributed by atoms with van der Waals surface area (Å²) in [7, 11) is 1.65. The van der Waals surface area contributed by atoms with Crippen molar-refractivity contribution in [3.8, 4) is 5.75 Å². The molecule has 0 aliphatic carbocycles. The van der Waals surface area contributed by atoms with Gasteiger partial charge in [-0.25, -0.2) is 4.98 Å². The first-order valence-corrected chi connectivity index (χ1v) is 7.49. The Hall–Kier alpha value is -2.76. The van der Waals surface area contributed by atoms with E-state index in [0.29, 0.717) is 11.5 Å². The Kier molecular flexibility index (Phi) is 3.29. The van der Waals surface area contributed by atoms with Crippen LogP contribution in [0.3, 0.4) is 0 Å². The average Bonchev–Trinajstić information content (AvgIpc) is 2.60. The van der Waals surface area contributed by atoms with Crippen LogP contribution >= 0.6 is 0 Å². The molecule has 1 aliphatic heterocycles. The van der Waals surface area contributed by atoms with E-state index in [9.17, 15) is 4.39 Å². The van der Waals surface area contributed by atoms with Crippen LogP contribution in [0.2, 0.25) is 0 Å². The minimum Gasteiger partial charge on any atom is -0.497 e. The first-order chi connectivity index (χ1) is 11.3. The molecule has 0 fully saturated rings. The van der Waals surface area contributed by atoms with Crippen molar-refractivity contribution in [1.29, 1.82) is 0 Å². The molecule has 116 valence electrons. The lowest BCUT2D eigenvalue weighted by Crippen LogP contribution is -2.26. The molecule has 5 nitrogen and oxygen atoms in total. The summed E-state index contributed by atoms with van der Waals surface area (Å²) in [6, 6.07) is 9.62. The van der Waals surface area contributed by atoms with Gasteiger partial charge in [-0.1, -0.05) is 0 Å². The lowest BCUT2D eigenvalue weighted by molar-refractivity contribution is 0.414. The summed E-state index contributed by atoms with van der Waals surface area (Å²) in [4.78, 5) is 14.0. The molecule has 23 heavy (non-hydrogen) atoms. The minimum atomic E-state index is -0.758. The van der Waals surface area contributed by atoms with Crippen molar-refractivity contribution < 1.29 is 9.13 Å². The lowest BCUT2D eigenvalue weighted by Gasteiger charge is -2.31. The molecule has 4 rings (SSSR count). The van der Waals surface area contributed by atoms with Gasteiger partial charge < -0.3 is 9.64 Å². The van der Waals surface area contributed by atoms with E-state index in [4.69, 9.17) is 4.74 Å². The molecule has 0 amide bonds. The molecule has 0 spiro atoms. The van der Waals surface area contributed by atoms with Gasteiger partial charge in [0, 0.05) is 18.4 Å². The van der Waals surface area contributed by atoms with Crippen molar-refractivity contribution >= 4 is 22.5 Å². The largest absolute Gasteiger partial charge is 0.497 e. The number of halogens is 1. The summed E-state index contributed by atoms with van der Waals surface area (Å²) in [5, 5.41) is 0.748. The van der Waals surface area contributed by atoms with Crippen LogP contribution in [0.15, 0.2) is 36.5 Å². The summed E-state index contributed by atoms with van der Waals surface area (Å²) in [5.74, 6) is 1.39. The van der Waals surface area contributed by atoms with Gasteiger partial charge in [-0.15, -0.1) is 0 Å². The second-order valence-electron chi connectivity index (χ2n) is 5.44. The smallest absolute Gasteiger partial charge is 0.312 e. The SMILES string of the molecule is COc1ccc2c(c1)CCCN2c1nc([18F])nc2ncccc12. The molecule has 3 aromatic rings. The van der Waals surface area contributed by atoms with Crippen molar-refractivity contribution in [3.63, 3.8) is 0 Å². The van der Waals surface area contributed by atoms with E-state index in [2.05, 4.69) is 15.0 Å². The van der Waals surface area contributed by atoms with Crippen LogP contribution in [0.25, 0.3) is 11.0 Å². The second kappa shape index (κ2) is 5.46. The maximum absolute atomic E-state index is 13.8. The minimum absolute atomic E-state index is 0.371. The zero-order valence-corrected chi connectivity index (χ0v) is 12.7. The van der Waals surface area contributed by atoms with Crippen molar-refractivity contribution in [2.45, 2.75) is 12.8 Å². The van der Waals surface area contributed by atoms with Gasteiger partial charge in [0.2, 0.25) is 0 Å². The number of methoxy groups -OCH3 is 1. The third-order valence-corrected chi connectivity index (χ3v) is 4.08. The third-order valence-electron chi connectivity index (χ3n) is 4.08. The molecule has 0 unspecified atom stereocenters. The number of aryl methyl sites for hydroxylation is 1. The Morgan fingerprint density at radius 3 is 3.00 bits per heavy atom. The number of hydrogen-bond acceptors (Lipinski definition) is 5. The maximum Gasteiger partial charge on any atom is 0.312 e. The molecule has 1 aromatic carbocycles. The number of nitrogens with zero attached hydrogens (tertiary/aromatic N) is 4. The number of fused-ring (bicyclic) bond motifs is 2.